The molecular weight excluding hydrogens is 270 g/mol. The van der Waals surface area contributed by atoms with Gasteiger partial charge in [-0.15, -0.1) is 11.8 Å². The number of benzene rings is 1. The van der Waals surface area contributed by atoms with Gasteiger partial charge >= 0.3 is 0 Å². The maximum atomic E-state index is 6.32. The zero-order valence-corrected chi connectivity index (χ0v) is 12.2. The van der Waals surface area contributed by atoms with Gasteiger partial charge in [-0.1, -0.05) is 36.2 Å². The minimum Gasteiger partial charge on any atom is -0.339 e. The van der Waals surface area contributed by atoms with Gasteiger partial charge in [0, 0.05) is 17.1 Å². The minimum absolute atomic E-state index is 0.353. The minimum atomic E-state index is -0.353. The zero-order chi connectivity index (χ0) is 13.8. The lowest BCUT2D eigenvalue weighted by Gasteiger charge is -2.17. The van der Waals surface area contributed by atoms with Crippen molar-refractivity contribution in [2.24, 2.45) is 5.73 Å². The lowest BCUT2D eigenvalue weighted by molar-refractivity contribution is 0.351. The molecule has 4 nitrogen and oxygen atoms in total. The van der Waals surface area contributed by atoms with Crippen LogP contribution in [0.5, 0.6) is 0 Å². The second-order valence-corrected chi connectivity index (χ2v) is 6.45. The van der Waals surface area contributed by atoms with Gasteiger partial charge in [0.2, 0.25) is 5.89 Å². The average molecular weight is 289 g/mol. The van der Waals surface area contributed by atoms with E-state index in [2.05, 4.69) is 22.3 Å². The lowest BCUT2D eigenvalue weighted by atomic mass is 9.99. The highest BCUT2D eigenvalue weighted by Gasteiger charge is 2.35. The van der Waals surface area contributed by atoms with Gasteiger partial charge in [-0.3, -0.25) is 0 Å². The van der Waals surface area contributed by atoms with Gasteiger partial charge in [-0.2, -0.15) is 4.98 Å². The molecule has 0 bridgehead atoms. The molecule has 2 aromatic rings. The number of hydrogen-bond acceptors (Lipinski definition) is 5. The third-order valence-electron chi connectivity index (χ3n) is 3.74. The third-order valence-corrected chi connectivity index (χ3v) is 4.75. The Kier molecular flexibility index (Phi) is 4.08. The maximum absolute atomic E-state index is 6.32. The molecule has 0 spiro atoms. The van der Waals surface area contributed by atoms with E-state index in [1.54, 1.807) is 11.8 Å². The Morgan fingerprint density at radius 1 is 1.20 bits per heavy atom. The first-order valence-electron chi connectivity index (χ1n) is 7.06. The summed E-state index contributed by atoms with van der Waals surface area (Å²) in [6, 6.07) is 10.3. The fourth-order valence-corrected chi connectivity index (χ4v) is 3.42. The van der Waals surface area contributed by atoms with Gasteiger partial charge in [-0.05, 0) is 25.0 Å². The number of aryl methyl sites for hydroxylation is 1. The predicted molar refractivity (Wildman–Crippen MR) is 79.5 cm³/mol. The Hall–Kier alpha value is -1.33. The largest absolute Gasteiger partial charge is 0.339 e. The normalized spacial score (nSPS) is 17.4. The third kappa shape index (κ3) is 3.04. The van der Waals surface area contributed by atoms with E-state index in [9.17, 15) is 0 Å². The van der Waals surface area contributed by atoms with Gasteiger partial charge in [0.25, 0.3) is 0 Å². The molecule has 20 heavy (non-hydrogen) atoms. The molecule has 1 aliphatic rings. The molecule has 0 amide bonds. The van der Waals surface area contributed by atoms with Crippen LogP contribution in [-0.4, -0.2) is 15.9 Å². The Morgan fingerprint density at radius 3 is 2.70 bits per heavy atom. The Balaban J connectivity index is 1.55. The van der Waals surface area contributed by atoms with Crippen molar-refractivity contribution in [1.29, 1.82) is 0 Å². The molecule has 3 rings (SSSR count). The molecule has 1 aliphatic carbocycles. The standard InChI is InChI=1S/C15H19N3OS/c16-15(9-4-5-10-15)14-17-13(19-18-14)8-11-20-12-6-2-1-3-7-12/h1-3,6-7H,4-5,8-11,16H2. The van der Waals surface area contributed by atoms with Crippen molar-refractivity contribution >= 4 is 11.8 Å². The van der Waals surface area contributed by atoms with Crippen LogP contribution >= 0.6 is 11.8 Å². The van der Waals surface area contributed by atoms with Gasteiger partial charge < -0.3 is 10.3 Å². The van der Waals surface area contributed by atoms with Crippen LogP contribution < -0.4 is 5.73 Å². The van der Waals surface area contributed by atoms with E-state index in [0.717, 1.165) is 37.9 Å². The molecule has 0 unspecified atom stereocenters. The van der Waals surface area contributed by atoms with Gasteiger partial charge in [0.05, 0.1) is 5.54 Å². The predicted octanol–water partition coefficient (Wildman–Crippen LogP) is 3.13. The molecule has 1 fully saturated rings. The van der Waals surface area contributed by atoms with Crippen molar-refractivity contribution in [3.63, 3.8) is 0 Å². The van der Waals surface area contributed by atoms with Gasteiger partial charge in [-0.25, -0.2) is 0 Å². The smallest absolute Gasteiger partial charge is 0.227 e. The average Bonchev–Trinajstić information content (AvgIpc) is 3.10. The molecule has 0 aliphatic heterocycles. The second kappa shape index (κ2) is 5.97. The van der Waals surface area contributed by atoms with Crippen molar-refractivity contribution in [1.82, 2.24) is 10.1 Å². The molecule has 0 atom stereocenters. The van der Waals surface area contributed by atoms with E-state index in [4.69, 9.17) is 10.3 Å². The van der Waals surface area contributed by atoms with Crippen LogP contribution in [0.25, 0.3) is 0 Å². The summed E-state index contributed by atoms with van der Waals surface area (Å²) >= 11 is 1.80. The first-order chi connectivity index (χ1) is 9.76. The summed E-state index contributed by atoms with van der Waals surface area (Å²) in [4.78, 5) is 5.74. The van der Waals surface area contributed by atoms with Crippen LogP contribution in [0, 0.1) is 0 Å². The Bertz CT molecular complexity index is 549. The number of rotatable bonds is 5. The Morgan fingerprint density at radius 2 is 1.95 bits per heavy atom. The zero-order valence-electron chi connectivity index (χ0n) is 11.4. The van der Waals surface area contributed by atoms with E-state index in [0.29, 0.717) is 11.7 Å². The molecule has 5 heteroatoms. The van der Waals surface area contributed by atoms with E-state index in [1.807, 2.05) is 18.2 Å². The summed E-state index contributed by atoms with van der Waals surface area (Å²) in [6.45, 7) is 0. The fraction of sp³-hybridized carbons (Fsp3) is 0.467. The van der Waals surface area contributed by atoms with Crippen LogP contribution in [0.3, 0.4) is 0 Å². The van der Waals surface area contributed by atoms with E-state index >= 15 is 0 Å². The quantitative estimate of drug-likeness (QED) is 0.857. The summed E-state index contributed by atoms with van der Waals surface area (Å²) in [6.07, 6.45) is 5.02. The molecule has 0 radical (unpaired) electrons. The van der Waals surface area contributed by atoms with Crippen LogP contribution in [0.2, 0.25) is 0 Å². The fourth-order valence-electron chi connectivity index (χ4n) is 2.56. The molecule has 2 N–H and O–H groups in total. The molecule has 106 valence electrons. The summed E-state index contributed by atoms with van der Waals surface area (Å²) in [5, 5.41) is 4.08. The number of hydrogen-bond donors (Lipinski definition) is 1. The van der Waals surface area contributed by atoms with Crippen LogP contribution in [0.15, 0.2) is 39.8 Å². The summed E-state index contributed by atoms with van der Waals surface area (Å²) in [5.74, 6) is 2.32. The molecular formula is C15H19N3OS. The summed E-state index contributed by atoms with van der Waals surface area (Å²) in [7, 11) is 0. The molecule has 1 aromatic carbocycles. The van der Waals surface area contributed by atoms with Crippen molar-refractivity contribution < 1.29 is 4.52 Å². The first kappa shape index (κ1) is 13.6. The lowest BCUT2D eigenvalue weighted by Crippen LogP contribution is -2.34. The summed E-state index contributed by atoms with van der Waals surface area (Å²) < 4.78 is 5.33. The van der Waals surface area contributed by atoms with Crippen LogP contribution in [0.4, 0.5) is 0 Å². The van der Waals surface area contributed by atoms with E-state index in [-0.39, 0.29) is 5.54 Å². The molecule has 1 saturated carbocycles. The summed E-state index contributed by atoms with van der Waals surface area (Å²) in [5.41, 5.74) is 5.97. The van der Waals surface area contributed by atoms with Crippen LogP contribution in [0.1, 0.15) is 37.4 Å². The van der Waals surface area contributed by atoms with Crippen molar-refractivity contribution in [2.75, 3.05) is 5.75 Å². The number of nitrogens with two attached hydrogens (primary N) is 1. The monoisotopic (exact) mass is 289 g/mol. The van der Waals surface area contributed by atoms with Crippen LogP contribution in [-0.2, 0) is 12.0 Å². The SMILES string of the molecule is NC1(c2noc(CCSc3ccccc3)n2)CCCC1. The molecule has 1 heterocycles. The van der Waals surface area contributed by atoms with E-state index in [1.165, 1.54) is 4.90 Å². The number of thioether (sulfide) groups is 1. The Labute approximate surface area is 123 Å². The van der Waals surface area contributed by atoms with Crippen molar-refractivity contribution in [3.05, 3.63) is 42.0 Å². The maximum Gasteiger partial charge on any atom is 0.227 e. The number of nitrogens with zero attached hydrogens (tertiary/aromatic N) is 2. The second-order valence-electron chi connectivity index (χ2n) is 5.29. The highest BCUT2D eigenvalue weighted by atomic mass is 32.2. The molecule has 0 saturated heterocycles. The molecule has 1 aromatic heterocycles. The topological polar surface area (TPSA) is 64.9 Å². The first-order valence-corrected chi connectivity index (χ1v) is 8.05. The highest BCUT2D eigenvalue weighted by Crippen LogP contribution is 2.34. The van der Waals surface area contributed by atoms with Crippen molar-refractivity contribution in [2.45, 2.75) is 42.5 Å². The van der Waals surface area contributed by atoms with E-state index < -0.39 is 0 Å². The van der Waals surface area contributed by atoms with Crippen molar-refractivity contribution in [3.8, 4) is 0 Å². The van der Waals surface area contributed by atoms with Gasteiger partial charge in [0.1, 0.15) is 0 Å². The van der Waals surface area contributed by atoms with Gasteiger partial charge in [0.15, 0.2) is 5.82 Å². The highest BCUT2D eigenvalue weighted by molar-refractivity contribution is 7.99. The number of aromatic nitrogens is 2.